The minimum Gasteiger partial charge on any atom is -0.453 e. The summed E-state index contributed by atoms with van der Waals surface area (Å²) in [5.41, 5.74) is 19.5. The number of hydrogen-bond acceptors (Lipinski definition) is 2. The minimum atomic E-state index is -0.188. The molecule has 12 rings (SSSR count). The van der Waals surface area contributed by atoms with Crippen LogP contribution < -0.4 is 9.64 Å². The van der Waals surface area contributed by atoms with E-state index < -0.39 is 0 Å². The quantitative estimate of drug-likeness (QED) is 0.166. The van der Waals surface area contributed by atoms with E-state index in [1.807, 2.05) is 0 Å². The van der Waals surface area contributed by atoms with E-state index in [0.717, 1.165) is 83.8 Å². The van der Waals surface area contributed by atoms with E-state index in [1.54, 1.807) is 0 Å². The molecule has 63 heavy (non-hydrogen) atoms. The van der Waals surface area contributed by atoms with E-state index in [0.29, 0.717) is 0 Å². The third-order valence-electron chi connectivity index (χ3n) is 13.2. The van der Waals surface area contributed by atoms with Crippen molar-refractivity contribution in [2.45, 2.75) is 19.3 Å². The van der Waals surface area contributed by atoms with Gasteiger partial charge in [-0.25, -0.2) is 0 Å². The Bertz CT molecular complexity index is 3330. The van der Waals surface area contributed by atoms with Crippen LogP contribution in [0, 0.1) is 0 Å². The van der Waals surface area contributed by atoms with Crippen LogP contribution in [0.5, 0.6) is 11.5 Å². The maximum absolute atomic E-state index is 7.62. The average molecular weight is 806 g/mol. The van der Waals surface area contributed by atoms with E-state index >= 15 is 0 Å². The summed E-state index contributed by atoms with van der Waals surface area (Å²) in [4.78, 5) is 2.44. The lowest BCUT2D eigenvalue weighted by Gasteiger charge is -2.31. The summed E-state index contributed by atoms with van der Waals surface area (Å²) < 4.78 is 7.62. The molecular formula is C61H43NO. The molecule has 0 N–H and O–H groups in total. The fraction of sp³-hybridized carbons (Fsp3) is 0.0492. The third kappa shape index (κ3) is 6.02. The molecule has 0 atom stereocenters. The number of ether oxygens (including phenoxy) is 1. The number of benzene rings is 10. The van der Waals surface area contributed by atoms with E-state index in [1.165, 1.54) is 33.4 Å². The van der Waals surface area contributed by atoms with Gasteiger partial charge in [0, 0.05) is 33.3 Å². The fourth-order valence-corrected chi connectivity index (χ4v) is 10.2. The van der Waals surface area contributed by atoms with Crippen LogP contribution in [-0.4, -0.2) is 0 Å². The Hall–Kier alpha value is -7.94. The molecule has 10 aromatic carbocycles. The van der Waals surface area contributed by atoms with Crippen molar-refractivity contribution < 1.29 is 4.74 Å². The van der Waals surface area contributed by atoms with Gasteiger partial charge in [0.1, 0.15) is 5.75 Å². The van der Waals surface area contributed by atoms with E-state index in [9.17, 15) is 0 Å². The van der Waals surface area contributed by atoms with Gasteiger partial charge in [-0.1, -0.05) is 196 Å². The molecular weight excluding hydrogens is 763 g/mol. The summed E-state index contributed by atoms with van der Waals surface area (Å²) in [5.74, 6) is 1.67. The highest BCUT2D eigenvalue weighted by atomic mass is 16.5. The SMILES string of the molecule is CC1(C)c2ccccc2-c2ccc(N(c3cc(-c4ccccc4)cc(-c4ccccc4)c3)c3cccc4c3Oc3c(cc(-c5ccccc5)c5ccccc35)-c3ccccc3-4)cc21. The molecule has 0 fully saturated rings. The molecule has 0 amide bonds. The zero-order valence-corrected chi connectivity index (χ0v) is 35.2. The van der Waals surface area contributed by atoms with Gasteiger partial charge in [-0.2, -0.15) is 0 Å². The first kappa shape index (κ1) is 36.9. The second-order valence-corrected chi connectivity index (χ2v) is 17.3. The van der Waals surface area contributed by atoms with Gasteiger partial charge < -0.3 is 9.64 Å². The Morgan fingerprint density at radius 1 is 0.317 bits per heavy atom. The highest BCUT2D eigenvalue weighted by molar-refractivity contribution is 6.08. The van der Waals surface area contributed by atoms with Gasteiger partial charge in [0.15, 0.2) is 5.75 Å². The predicted octanol–water partition coefficient (Wildman–Crippen LogP) is 17.1. The summed E-state index contributed by atoms with van der Waals surface area (Å²) >= 11 is 0. The van der Waals surface area contributed by atoms with Crippen LogP contribution in [0.4, 0.5) is 17.1 Å². The molecule has 1 aliphatic carbocycles. The van der Waals surface area contributed by atoms with Gasteiger partial charge in [0.25, 0.3) is 0 Å². The van der Waals surface area contributed by atoms with Gasteiger partial charge in [-0.15, -0.1) is 0 Å². The second kappa shape index (κ2) is 14.6. The zero-order valence-electron chi connectivity index (χ0n) is 35.2. The van der Waals surface area contributed by atoms with Crippen LogP contribution in [0.25, 0.3) is 77.5 Å². The van der Waals surface area contributed by atoms with Gasteiger partial charge in [-0.05, 0) is 115 Å². The number of anilines is 3. The Kier molecular flexibility index (Phi) is 8.55. The highest BCUT2D eigenvalue weighted by Gasteiger charge is 2.36. The number of fused-ring (bicyclic) bond motifs is 10. The maximum Gasteiger partial charge on any atom is 0.159 e. The molecule has 298 valence electrons. The molecule has 0 bridgehead atoms. The highest BCUT2D eigenvalue weighted by Crippen LogP contribution is 2.57. The molecule has 1 aliphatic heterocycles. The average Bonchev–Trinajstić information content (AvgIpc) is 3.47. The largest absolute Gasteiger partial charge is 0.453 e. The summed E-state index contributed by atoms with van der Waals surface area (Å²) in [5, 5.41) is 2.23. The van der Waals surface area contributed by atoms with Gasteiger partial charge >= 0.3 is 0 Å². The van der Waals surface area contributed by atoms with Crippen LogP contribution in [0.2, 0.25) is 0 Å². The van der Waals surface area contributed by atoms with E-state index in [4.69, 9.17) is 4.74 Å². The topological polar surface area (TPSA) is 12.5 Å². The number of hydrogen-bond donors (Lipinski definition) is 0. The second-order valence-electron chi connectivity index (χ2n) is 17.3. The molecule has 2 heteroatoms. The van der Waals surface area contributed by atoms with E-state index in [2.05, 4.69) is 243 Å². The van der Waals surface area contributed by atoms with Crippen LogP contribution in [0.15, 0.2) is 224 Å². The number of para-hydroxylation sites is 1. The molecule has 0 radical (unpaired) electrons. The van der Waals surface area contributed by atoms with Crippen molar-refractivity contribution in [3.05, 3.63) is 236 Å². The minimum absolute atomic E-state index is 0.188. The van der Waals surface area contributed by atoms with Crippen molar-refractivity contribution in [3.63, 3.8) is 0 Å². The van der Waals surface area contributed by atoms with Crippen LogP contribution in [-0.2, 0) is 5.41 Å². The Balaban J connectivity index is 1.15. The molecule has 0 unspecified atom stereocenters. The lowest BCUT2D eigenvalue weighted by Crippen LogP contribution is -2.17. The molecule has 0 aromatic heterocycles. The maximum atomic E-state index is 7.62. The normalized spacial score (nSPS) is 12.9. The molecule has 0 spiro atoms. The van der Waals surface area contributed by atoms with Crippen molar-refractivity contribution in [2.75, 3.05) is 4.90 Å². The Morgan fingerprint density at radius 2 is 0.857 bits per heavy atom. The van der Waals surface area contributed by atoms with Crippen LogP contribution >= 0.6 is 0 Å². The summed E-state index contributed by atoms with van der Waals surface area (Å²) in [6.45, 7) is 4.71. The van der Waals surface area contributed by atoms with Crippen molar-refractivity contribution in [1.29, 1.82) is 0 Å². The lowest BCUT2D eigenvalue weighted by molar-refractivity contribution is 0.494. The summed E-state index contributed by atoms with van der Waals surface area (Å²) in [6, 6.07) is 81.6. The monoisotopic (exact) mass is 805 g/mol. The molecule has 2 nitrogen and oxygen atoms in total. The molecule has 0 saturated carbocycles. The Morgan fingerprint density at radius 3 is 1.54 bits per heavy atom. The number of nitrogens with zero attached hydrogens (tertiary/aromatic N) is 1. The number of rotatable bonds is 6. The third-order valence-corrected chi connectivity index (χ3v) is 13.2. The smallest absolute Gasteiger partial charge is 0.159 e. The molecule has 1 heterocycles. The van der Waals surface area contributed by atoms with Gasteiger partial charge in [0.2, 0.25) is 0 Å². The van der Waals surface area contributed by atoms with Crippen molar-refractivity contribution in [1.82, 2.24) is 0 Å². The lowest BCUT2D eigenvalue weighted by atomic mass is 9.82. The van der Waals surface area contributed by atoms with Crippen LogP contribution in [0.3, 0.4) is 0 Å². The molecule has 0 saturated heterocycles. The first-order valence-corrected chi connectivity index (χ1v) is 21.8. The van der Waals surface area contributed by atoms with Crippen LogP contribution in [0.1, 0.15) is 25.0 Å². The Labute approximate surface area is 369 Å². The van der Waals surface area contributed by atoms with Crippen molar-refractivity contribution in [2.24, 2.45) is 0 Å². The summed E-state index contributed by atoms with van der Waals surface area (Å²) in [6.07, 6.45) is 0. The van der Waals surface area contributed by atoms with Crippen molar-refractivity contribution >= 4 is 27.8 Å². The van der Waals surface area contributed by atoms with Gasteiger partial charge in [-0.3, -0.25) is 0 Å². The summed E-state index contributed by atoms with van der Waals surface area (Å²) in [7, 11) is 0. The standard InChI is InChI=1S/C61H43NO/c1-61(2)56-31-17-16-28-50(56)51-34-33-45(38-57(51)61)62(46-36-43(40-19-6-3-7-20-40)35-44(37-46)41-21-8-4-9-22-41)58-32-18-30-53-47-25-12-13-26-48(47)55-39-54(42-23-10-5-11-24-42)49-27-14-15-29-52(49)59(55)63-60(53)58/h3-39H,1-2H3. The van der Waals surface area contributed by atoms with Gasteiger partial charge in [0.05, 0.1) is 5.69 Å². The first-order chi connectivity index (χ1) is 31.0. The molecule has 2 aliphatic rings. The fourth-order valence-electron chi connectivity index (χ4n) is 10.2. The van der Waals surface area contributed by atoms with E-state index in [-0.39, 0.29) is 5.41 Å². The first-order valence-electron chi connectivity index (χ1n) is 21.8. The molecule has 10 aromatic rings. The predicted molar refractivity (Wildman–Crippen MR) is 263 cm³/mol. The van der Waals surface area contributed by atoms with Crippen molar-refractivity contribution in [3.8, 4) is 78.3 Å². The zero-order chi connectivity index (χ0) is 42.1.